The number of phenolic OH excluding ortho intramolecular Hbond substituents is 2. The van der Waals surface area contributed by atoms with Crippen LogP contribution < -0.4 is 15.4 Å². The fraction of sp³-hybridized carbons (Fsp3) is 0.333. The van der Waals surface area contributed by atoms with Gasteiger partial charge in [-0.15, -0.1) is 0 Å². The lowest BCUT2D eigenvalue weighted by atomic mass is 9.70. The van der Waals surface area contributed by atoms with Crippen molar-refractivity contribution < 1.29 is 42.9 Å². The number of anilines is 1. The molecule has 0 saturated heterocycles. The highest BCUT2D eigenvalue weighted by Gasteiger charge is 2.56. The van der Waals surface area contributed by atoms with E-state index in [0.717, 1.165) is 18.2 Å². The van der Waals surface area contributed by atoms with Crippen molar-refractivity contribution >= 4 is 28.9 Å². The Hall–Kier alpha value is -4.54. The second kappa shape index (κ2) is 11.1. The van der Waals surface area contributed by atoms with Gasteiger partial charge in [-0.2, -0.15) is 0 Å². The minimum atomic E-state index is -1.59. The number of Topliss-reactive ketones (excluding diaryl/α,β-unsaturated/α-hetero) is 2. The van der Waals surface area contributed by atoms with Crippen LogP contribution in [0.2, 0.25) is 0 Å². The molecule has 0 bridgehead atoms. The first-order valence-electron chi connectivity index (χ1n) is 13.1. The van der Waals surface area contributed by atoms with Crippen LogP contribution in [0.3, 0.4) is 0 Å². The summed E-state index contributed by atoms with van der Waals surface area (Å²) in [6, 6.07) is 2.77. The fourth-order valence-corrected chi connectivity index (χ4v) is 5.16. The Labute approximate surface area is 234 Å². The molecule has 4 N–H and O–H groups in total. The average Bonchev–Trinajstić information content (AvgIpc) is 3.16. The molecule has 2 aromatic carbocycles. The number of nitrogens with one attached hydrogen (secondary N) is 2. The zero-order chi connectivity index (χ0) is 30.2. The Kier molecular flexibility index (Phi) is 8.01. The molecule has 11 heteroatoms. The number of ketones is 3. The standard InChI is InChI=1S/C30H30F2N2O7/c1-14-26(38)24(16(3)35)28-25(27(14)39)30(4)21(41-28)13-20(36)23(29(30)40)15(2)33-9-7-5-6-8-22(37)34-19-11-17(31)10-18(32)12-19/h10-13,33,38-39H,5-9H2,1-4H3,(H,34,37)/b23-15+. The Balaban J connectivity index is 1.42. The van der Waals surface area contributed by atoms with Gasteiger partial charge >= 0.3 is 0 Å². The number of carbonyl (C=O) groups is 4. The molecular weight excluding hydrogens is 538 g/mol. The molecular formula is C30H30F2N2O7. The smallest absolute Gasteiger partial charge is 0.224 e. The number of phenols is 2. The minimum absolute atomic E-state index is 0.0156. The molecule has 0 fully saturated rings. The normalized spacial score (nSPS) is 18.7. The first kappa shape index (κ1) is 29.4. The van der Waals surface area contributed by atoms with E-state index in [1.807, 2.05) is 0 Å². The number of fused-ring (bicyclic) bond motifs is 3. The van der Waals surface area contributed by atoms with Gasteiger partial charge < -0.3 is 25.6 Å². The molecule has 1 aliphatic carbocycles. The summed E-state index contributed by atoms with van der Waals surface area (Å²) in [5.74, 6) is -4.75. The first-order valence-corrected chi connectivity index (χ1v) is 13.1. The molecule has 41 heavy (non-hydrogen) atoms. The number of unbranched alkanes of at least 4 members (excludes halogenated alkanes) is 2. The number of ether oxygens (including phenoxy) is 1. The average molecular weight is 569 g/mol. The Morgan fingerprint density at radius 3 is 2.29 bits per heavy atom. The lowest BCUT2D eigenvalue weighted by Crippen LogP contribution is -2.41. The predicted octanol–water partition coefficient (Wildman–Crippen LogP) is 4.64. The molecule has 0 spiro atoms. The van der Waals surface area contributed by atoms with E-state index < -0.39 is 45.9 Å². The molecule has 1 amide bonds. The van der Waals surface area contributed by atoms with Gasteiger partial charge in [-0.05, 0) is 52.7 Å². The van der Waals surface area contributed by atoms with Crippen LogP contribution in [0.25, 0.3) is 0 Å². The van der Waals surface area contributed by atoms with Crippen molar-refractivity contribution in [1.82, 2.24) is 5.32 Å². The molecule has 4 rings (SSSR count). The number of carbonyl (C=O) groups excluding carboxylic acids is 4. The van der Waals surface area contributed by atoms with Crippen molar-refractivity contribution in [2.24, 2.45) is 0 Å². The second-order valence-electron chi connectivity index (χ2n) is 10.3. The number of hydrogen-bond acceptors (Lipinski definition) is 8. The van der Waals surface area contributed by atoms with Gasteiger partial charge in [-0.3, -0.25) is 19.2 Å². The summed E-state index contributed by atoms with van der Waals surface area (Å²) in [6.07, 6.45) is 3.01. The van der Waals surface area contributed by atoms with E-state index in [4.69, 9.17) is 4.74 Å². The highest BCUT2D eigenvalue weighted by Crippen LogP contribution is 2.57. The van der Waals surface area contributed by atoms with Gasteiger partial charge in [0.15, 0.2) is 17.3 Å². The zero-order valence-electron chi connectivity index (χ0n) is 23.0. The molecule has 2 aliphatic rings. The number of benzene rings is 2. The second-order valence-corrected chi connectivity index (χ2v) is 10.3. The molecule has 2 aromatic rings. The number of halogens is 2. The van der Waals surface area contributed by atoms with Gasteiger partial charge in [-0.25, -0.2) is 8.78 Å². The summed E-state index contributed by atoms with van der Waals surface area (Å²) in [4.78, 5) is 51.1. The fourth-order valence-electron chi connectivity index (χ4n) is 5.16. The van der Waals surface area contributed by atoms with Gasteiger partial charge in [0.25, 0.3) is 0 Å². The first-order chi connectivity index (χ1) is 19.3. The van der Waals surface area contributed by atoms with Crippen molar-refractivity contribution in [2.45, 2.75) is 58.8 Å². The molecule has 216 valence electrons. The quantitative estimate of drug-likeness (QED) is 0.148. The summed E-state index contributed by atoms with van der Waals surface area (Å²) in [7, 11) is 0. The van der Waals surface area contributed by atoms with Gasteiger partial charge in [0.1, 0.15) is 45.6 Å². The Morgan fingerprint density at radius 1 is 1.00 bits per heavy atom. The maximum atomic E-state index is 13.8. The van der Waals surface area contributed by atoms with Crippen molar-refractivity contribution in [3.05, 3.63) is 69.6 Å². The SMILES string of the molecule is CC(=O)c1c(O)c(C)c(O)c2c1OC1=CC(=O)/C(=C(/C)NCCCCCC(=O)Nc3cc(F)cc(F)c3)C(=O)C12C. The van der Waals surface area contributed by atoms with Crippen LogP contribution in [0, 0.1) is 18.6 Å². The summed E-state index contributed by atoms with van der Waals surface area (Å²) >= 11 is 0. The van der Waals surface area contributed by atoms with Crippen LogP contribution in [0.1, 0.15) is 67.9 Å². The number of allylic oxidation sites excluding steroid dienone is 4. The maximum absolute atomic E-state index is 13.8. The topological polar surface area (TPSA) is 142 Å². The maximum Gasteiger partial charge on any atom is 0.224 e. The van der Waals surface area contributed by atoms with Gasteiger partial charge in [0.05, 0.1) is 11.1 Å². The summed E-state index contributed by atoms with van der Waals surface area (Å²) in [5.41, 5.74) is -1.50. The van der Waals surface area contributed by atoms with E-state index in [2.05, 4.69) is 10.6 Å². The van der Waals surface area contributed by atoms with Crippen LogP contribution in [0.4, 0.5) is 14.5 Å². The van der Waals surface area contributed by atoms with E-state index >= 15 is 0 Å². The third-order valence-corrected chi connectivity index (χ3v) is 7.38. The van der Waals surface area contributed by atoms with Crippen LogP contribution in [0.5, 0.6) is 17.2 Å². The number of hydrogen-bond donors (Lipinski definition) is 4. The number of amides is 1. The van der Waals surface area contributed by atoms with Gasteiger partial charge in [-0.1, -0.05) is 6.42 Å². The number of aromatic hydroxyl groups is 2. The van der Waals surface area contributed by atoms with Crippen LogP contribution in [0.15, 0.2) is 41.3 Å². The largest absolute Gasteiger partial charge is 0.507 e. The lowest BCUT2D eigenvalue weighted by molar-refractivity contribution is -0.123. The van der Waals surface area contributed by atoms with E-state index in [0.29, 0.717) is 37.6 Å². The van der Waals surface area contributed by atoms with Gasteiger partial charge in [0, 0.05) is 42.1 Å². The minimum Gasteiger partial charge on any atom is -0.507 e. The lowest BCUT2D eigenvalue weighted by Gasteiger charge is -2.29. The van der Waals surface area contributed by atoms with E-state index in [-0.39, 0.29) is 51.8 Å². The molecule has 0 saturated carbocycles. The monoisotopic (exact) mass is 568 g/mol. The van der Waals surface area contributed by atoms with Crippen LogP contribution in [-0.2, 0) is 19.8 Å². The predicted molar refractivity (Wildman–Crippen MR) is 145 cm³/mol. The Bertz CT molecular complexity index is 1540. The summed E-state index contributed by atoms with van der Waals surface area (Å²) in [5, 5.41) is 26.9. The molecule has 1 atom stereocenters. The molecule has 0 radical (unpaired) electrons. The van der Waals surface area contributed by atoms with Crippen molar-refractivity contribution in [3.8, 4) is 17.2 Å². The molecule has 1 heterocycles. The summed E-state index contributed by atoms with van der Waals surface area (Å²) in [6.45, 7) is 6.10. The van der Waals surface area contributed by atoms with Crippen molar-refractivity contribution in [1.29, 1.82) is 0 Å². The molecule has 9 nitrogen and oxygen atoms in total. The molecule has 1 aliphatic heterocycles. The summed E-state index contributed by atoms with van der Waals surface area (Å²) < 4.78 is 32.3. The van der Waals surface area contributed by atoms with E-state index in [1.165, 1.54) is 20.8 Å². The molecule has 0 aromatic heterocycles. The number of rotatable bonds is 9. The zero-order valence-corrected chi connectivity index (χ0v) is 23.0. The molecule has 1 unspecified atom stereocenters. The highest BCUT2D eigenvalue weighted by molar-refractivity contribution is 6.31. The van der Waals surface area contributed by atoms with Gasteiger partial charge in [0.2, 0.25) is 5.91 Å². The van der Waals surface area contributed by atoms with Crippen molar-refractivity contribution in [2.75, 3.05) is 11.9 Å². The van der Waals surface area contributed by atoms with E-state index in [1.54, 1.807) is 6.92 Å². The Morgan fingerprint density at radius 2 is 1.66 bits per heavy atom. The van der Waals surface area contributed by atoms with E-state index in [9.17, 15) is 38.2 Å². The van der Waals surface area contributed by atoms with Crippen LogP contribution in [-0.4, -0.2) is 40.0 Å². The van der Waals surface area contributed by atoms with Crippen LogP contribution >= 0.6 is 0 Å². The third-order valence-electron chi connectivity index (χ3n) is 7.38. The third kappa shape index (κ3) is 5.31. The van der Waals surface area contributed by atoms with Crippen molar-refractivity contribution in [3.63, 3.8) is 0 Å². The highest BCUT2D eigenvalue weighted by atomic mass is 19.1.